The van der Waals surface area contributed by atoms with Crippen molar-refractivity contribution in [1.82, 2.24) is 19.6 Å². The average molecular weight is 425 g/mol. The van der Waals surface area contributed by atoms with Crippen LogP contribution in [0.4, 0.5) is 0 Å². The second-order valence-electron chi connectivity index (χ2n) is 9.16. The van der Waals surface area contributed by atoms with Crippen LogP contribution >= 0.6 is 0 Å². The number of likely N-dealkylation sites (tertiary alicyclic amines) is 1. The van der Waals surface area contributed by atoms with Crippen LogP contribution in [-0.4, -0.2) is 71.4 Å². The number of carbonyl (C=O) groups is 1. The zero-order valence-corrected chi connectivity index (χ0v) is 19.0. The molecular formula is C25H36N4O2. The van der Waals surface area contributed by atoms with Gasteiger partial charge in [0.1, 0.15) is 0 Å². The number of morpholine rings is 1. The molecule has 1 aromatic carbocycles. The molecule has 0 N–H and O–H groups in total. The predicted octanol–water partition coefficient (Wildman–Crippen LogP) is 3.34. The number of hydrogen-bond donors (Lipinski definition) is 0. The summed E-state index contributed by atoms with van der Waals surface area (Å²) in [6.45, 7) is 8.38. The van der Waals surface area contributed by atoms with E-state index in [4.69, 9.17) is 4.74 Å². The molecule has 0 saturated carbocycles. The lowest BCUT2D eigenvalue weighted by Crippen LogP contribution is -2.41. The van der Waals surface area contributed by atoms with Crippen LogP contribution in [0.25, 0.3) is 0 Å². The molecule has 2 aromatic rings. The number of aryl methyl sites for hydroxylation is 1. The van der Waals surface area contributed by atoms with Crippen molar-refractivity contribution in [2.24, 2.45) is 13.0 Å². The summed E-state index contributed by atoms with van der Waals surface area (Å²) in [5, 5.41) is 4.66. The fourth-order valence-corrected chi connectivity index (χ4v) is 4.81. The van der Waals surface area contributed by atoms with E-state index in [1.165, 1.54) is 24.8 Å². The highest BCUT2D eigenvalue weighted by Gasteiger charge is 2.26. The van der Waals surface area contributed by atoms with E-state index < -0.39 is 0 Å². The lowest BCUT2D eigenvalue weighted by molar-refractivity contribution is 0.0302. The number of ether oxygens (including phenoxy) is 1. The van der Waals surface area contributed by atoms with Gasteiger partial charge in [0.25, 0.3) is 5.91 Å². The Balaban J connectivity index is 1.27. The van der Waals surface area contributed by atoms with Crippen LogP contribution in [0.15, 0.2) is 36.5 Å². The molecule has 6 nitrogen and oxygen atoms in total. The number of rotatable bonds is 7. The number of amides is 1. The van der Waals surface area contributed by atoms with E-state index >= 15 is 0 Å². The molecule has 6 heteroatoms. The van der Waals surface area contributed by atoms with Gasteiger partial charge in [-0.2, -0.15) is 5.10 Å². The number of nitrogens with zero attached hydrogens (tertiary/aromatic N) is 4. The number of carbonyl (C=O) groups excluding carboxylic acids is 1. The van der Waals surface area contributed by atoms with Gasteiger partial charge in [0, 0.05) is 26.3 Å². The second kappa shape index (κ2) is 10.4. The smallest absolute Gasteiger partial charge is 0.257 e. The van der Waals surface area contributed by atoms with Gasteiger partial charge in [-0.1, -0.05) is 37.3 Å². The van der Waals surface area contributed by atoms with Gasteiger partial charge in [0.2, 0.25) is 0 Å². The van der Waals surface area contributed by atoms with Gasteiger partial charge < -0.3 is 14.5 Å². The topological polar surface area (TPSA) is 50.6 Å². The van der Waals surface area contributed by atoms with Gasteiger partial charge in [-0.05, 0) is 62.7 Å². The monoisotopic (exact) mass is 424 g/mol. The van der Waals surface area contributed by atoms with Gasteiger partial charge in [-0.15, -0.1) is 0 Å². The first-order chi connectivity index (χ1) is 15.1. The summed E-state index contributed by atoms with van der Waals surface area (Å²) in [5.41, 5.74) is 3.18. The maximum absolute atomic E-state index is 13.0. The molecule has 4 rings (SSSR count). The highest BCUT2D eigenvalue weighted by atomic mass is 16.5. The molecule has 1 aromatic heterocycles. The van der Waals surface area contributed by atoms with Crippen molar-refractivity contribution in [1.29, 1.82) is 0 Å². The van der Waals surface area contributed by atoms with Crippen LogP contribution in [-0.2, 0) is 18.2 Å². The van der Waals surface area contributed by atoms with E-state index in [0.717, 1.165) is 37.3 Å². The fourth-order valence-electron chi connectivity index (χ4n) is 4.81. The Bertz CT molecular complexity index is 836. The van der Waals surface area contributed by atoms with Gasteiger partial charge in [-0.3, -0.25) is 9.48 Å². The third-order valence-electron chi connectivity index (χ3n) is 6.87. The first-order valence-electron chi connectivity index (χ1n) is 11.8. The van der Waals surface area contributed by atoms with E-state index in [9.17, 15) is 4.79 Å². The quantitative estimate of drug-likeness (QED) is 0.684. The normalized spacial score (nSPS) is 19.5. The minimum Gasteiger partial charge on any atom is -0.378 e. The van der Waals surface area contributed by atoms with E-state index in [-0.39, 0.29) is 5.91 Å². The molecule has 2 aliphatic rings. The predicted molar refractivity (Wildman–Crippen MR) is 122 cm³/mol. The molecule has 0 aliphatic carbocycles. The lowest BCUT2D eigenvalue weighted by atomic mass is 9.90. The Labute approximate surface area is 186 Å². The molecule has 0 spiro atoms. The summed E-state index contributed by atoms with van der Waals surface area (Å²) < 4.78 is 7.19. The van der Waals surface area contributed by atoms with Gasteiger partial charge in [-0.25, -0.2) is 0 Å². The average Bonchev–Trinajstić information content (AvgIpc) is 3.19. The molecule has 3 heterocycles. The minimum atomic E-state index is 0.110. The number of benzene rings is 1. The zero-order chi connectivity index (χ0) is 21.6. The van der Waals surface area contributed by atoms with Crippen molar-refractivity contribution in [2.45, 2.75) is 38.5 Å². The van der Waals surface area contributed by atoms with Crippen LogP contribution in [0.2, 0.25) is 0 Å². The van der Waals surface area contributed by atoms with Gasteiger partial charge in [0.05, 0.1) is 24.5 Å². The zero-order valence-electron chi connectivity index (χ0n) is 19.0. The van der Waals surface area contributed by atoms with E-state index in [2.05, 4.69) is 47.3 Å². The van der Waals surface area contributed by atoms with Gasteiger partial charge in [0.15, 0.2) is 0 Å². The molecule has 2 saturated heterocycles. The summed E-state index contributed by atoms with van der Waals surface area (Å²) in [4.78, 5) is 17.5. The molecule has 1 atom stereocenters. The van der Waals surface area contributed by atoms with Crippen molar-refractivity contribution in [3.63, 3.8) is 0 Å². The summed E-state index contributed by atoms with van der Waals surface area (Å²) in [7, 11) is 1.91. The van der Waals surface area contributed by atoms with Crippen molar-refractivity contribution in [3.05, 3.63) is 53.3 Å². The number of piperidine rings is 1. The Hall–Kier alpha value is -2.18. The van der Waals surface area contributed by atoms with Crippen molar-refractivity contribution >= 4 is 5.91 Å². The Morgan fingerprint density at radius 3 is 2.55 bits per heavy atom. The second-order valence-corrected chi connectivity index (χ2v) is 9.16. The molecule has 2 fully saturated rings. The van der Waals surface area contributed by atoms with Crippen LogP contribution in [0.3, 0.4) is 0 Å². The standard InChI is InChI=1S/C25H36N4O2/c1-20(22-6-4-3-5-7-22)8-11-28-12-9-21(10-13-28)18-24-23(19-27(2)26-24)25(30)29-14-16-31-17-15-29/h3-7,19-21H,8-18H2,1-2H3/t20-/m1/s1. The fraction of sp³-hybridized carbons (Fsp3) is 0.600. The molecule has 0 radical (unpaired) electrons. The van der Waals surface area contributed by atoms with Crippen LogP contribution in [0.1, 0.15) is 53.7 Å². The highest BCUT2D eigenvalue weighted by molar-refractivity contribution is 5.95. The van der Waals surface area contributed by atoms with E-state index in [1.807, 2.05) is 18.1 Å². The van der Waals surface area contributed by atoms with E-state index in [0.29, 0.717) is 38.1 Å². The van der Waals surface area contributed by atoms with Crippen LogP contribution in [0.5, 0.6) is 0 Å². The molecule has 1 amide bonds. The first kappa shape index (κ1) is 22.0. The molecule has 168 valence electrons. The molecule has 0 bridgehead atoms. The summed E-state index contributed by atoms with van der Waals surface area (Å²) in [6, 6.07) is 10.8. The summed E-state index contributed by atoms with van der Waals surface area (Å²) in [5.74, 6) is 1.31. The lowest BCUT2D eigenvalue weighted by Gasteiger charge is -2.32. The summed E-state index contributed by atoms with van der Waals surface area (Å²) in [6.07, 6.45) is 6.36. The summed E-state index contributed by atoms with van der Waals surface area (Å²) >= 11 is 0. The van der Waals surface area contributed by atoms with E-state index in [1.54, 1.807) is 4.68 Å². The molecule has 0 unspecified atom stereocenters. The maximum atomic E-state index is 13.0. The van der Waals surface area contributed by atoms with Crippen molar-refractivity contribution < 1.29 is 9.53 Å². The molecule has 31 heavy (non-hydrogen) atoms. The SMILES string of the molecule is C[C@H](CCN1CCC(Cc2nn(C)cc2C(=O)N2CCOCC2)CC1)c1ccccc1. The molecular weight excluding hydrogens is 388 g/mol. The van der Waals surface area contributed by atoms with Gasteiger partial charge >= 0.3 is 0 Å². The number of aromatic nitrogens is 2. The van der Waals surface area contributed by atoms with Crippen LogP contribution in [0, 0.1) is 5.92 Å². The highest BCUT2D eigenvalue weighted by Crippen LogP contribution is 2.25. The first-order valence-corrected chi connectivity index (χ1v) is 11.8. The largest absolute Gasteiger partial charge is 0.378 e. The Kier molecular flexibility index (Phi) is 7.41. The van der Waals surface area contributed by atoms with Crippen molar-refractivity contribution in [2.75, 3.05) is 45.9 Å². The third kappa shape index (κ3) is 5.74. The maximum Gasteiger partial charge on any atom is 0.257 e. The van der Waals surface area contributed by atoms with Crippen molar-refractivity contribution in [3.8, 4) is 0 Å². The molecule has 2 aliphatic heterocycles. The van der Waals surface area contributed by atoms with Crippen LogP contribution < -0.4 is 0 Å². The Morgan fingerprint density at radius 1 is 1.13 bits per heavy atom. The minimum absolute atomic E-state index is 0.110. The Morgan fingerprint density at radius 2 is 1.84 bits per heavy atom. The third-order valence-corrected chi connectivity index (χ3v) is 6.87. The number of hydrogen-bond acceptors (Lipinski definition) is 4.